The van der Waals surface area contributed by atoms with Gasteiger partial charge in [0.15, 0.2) is 11.5 Å². The number of nitrogens with one attached hydrogen (secondary N) is 1. The van der Waals surface area contributed by atoms with Crippen LogP contribution in [0.2, 0.25) is 0 Å². The van der Waals surface area contributed by atoms with E-state index in [1.165, 1.54) is 6.07 Å². The standard InChI is InChI=1S/C14H16N2O4/c1-9(10-3-5-11(19-2)6-4-10)15-8-12-7-13(14(17)18)16-20-12/h3-7,9,15H,8H2,1-2H3,(H,17,18)/t9-/m0/s1. The quantitative estimate of drug-likeness (QED) is 0.841. The lowest BCUT2D eigenvalue weighted by Crippen LogP contribution is -2.17. The number of ether oxygens (including phenoxy) is 1. The second-order valence-electron chi connectivity index (χ2n) is 4.36. The number of hydrogen-bond donors (Lipinski definition) is 2. The SMILES string of the molecule is COc1ccc([C@H](C)NCc2cc(C(=O)O)no2)cc1. The molecule has 0 aliphatic heterocycles. The van der Waals surface area contributed by atoms with E-state index in [2.05, 4.69) is 10.5 Å². The van der Waals surface area contributed by atoms with Crippen molar-refractivity contribution in [2.45, 2.75) is 19.5 Å². The Morgan fingerprint density at radius 2 is 2.15 bits per heavy atom. The number of carboxylic acid groups (broad SMARTS) is 1. The molecular formula is C14H16N2O4. The van der Waals surface area contributed by atoms with Gasteiger partial charge in [0.25, 0.3) is 0 Å². The molecule has 6 nitrogen and oxygen atoms in total. The Balaban J connectivity index is 1.93. The lowest BCUT2D eigenvalue weighted by Gasteiger charge is -2.13. The largest absolute Gasteiger partial charge is 0.497 e. The third-order valence-corrected chi connectivity index (χ3v) is 2.98. The van der Waals surface area contributed by atoms with Gasteiger partial charge in [0.05, 0.1) is 13.7 Å². The monoisotopic (exact) mass is 276 g/mol. The summed E-state index contributed by atoms with van der Waals surface area (Å²) in [6, 6.07) is 9.24. The molecule has 20 heavy (non-hydrogen) atoms. The third-order valence-electron chi connectivity index (χ3n) is 2.98. The van der Waals surface area contributed by atoms with Gasteiger partial charge in [-0.3, -0.25) is 0 Å². The van der Waals surface area contributed by atoms with Gasteiger partial charge in [-0.15, -0.1) is 0 Å². The molecule has 1 aromatic heterocycles. The van der Waals surface area contributed by atoms with Crippen molar-refractivity contribution in [2.24, 2.45) is 0 Å². The molecule has 0 saturated carbocycles. The topological polar surface area (TPSA) is 84.6 Å². The van der Waals surface area contributed by atoms with Crippen molar-refractivity contribution in [3.05, 3.63) is 47.3 Å². The van der Waals surface area contributed by atoms with Crippen molar-refractivity contribution in [1.82, 2.24) is 10.5 Å². The van der Waals surface area contributed by atoms with Crippen LogP contribution in [0.5, 0.6) is 5.75 Å². The molecule has 0 spiro atoms. The molecule has 0 bridgehead atoms. The van der Waals surface area contributed by atoms with Crippen molar-refractivity contribution in [1.29, 1.82) is 0 Å². The summed E-state index contributed by atoms with van der Waals surface area (Å²) in [4.78, 5) is 10.7. The first-order valence-corrected chi connectivity index (χ1v) is 6.16. The molecule has 2 aromatic rings. The summed E-state index contributed by atoms with van der Waals surface area (Å²) in [6.45, 7) is 2.42. The van der Waals surface area contributed by atoms with Crippen LogP contribution in [0.3, 0.4) is 0 Å². The van der Waals surface area contributed by atoms with Gasteiger partial charge in [0.2, 0.25) is 0 Å². The van der Waals surface area contributed by atoms with Crippen LogP contribution in [-0.4, -0.2) is 23.3 Å². The maximum absolute atomic E-state index is 10.7. The summed E-state index contributed by atoms with van der Waals surface area (Å²) < 4.78 is 10.0. The molecule has 0 unspecified atom stereocenters. The highest BCUT2D eigenvalue weighted by atomic mass is 16.5. The molecule has 0 radical (unpaired) electrons. The summed E-state index contributed by atoms with van der Waals surface area (Å²) in [5, 5.41) is 15.4. The summed E-state index contributed by atoms with van der Waals surface area (Å²) in [6.07, 6.45) is 0. The first-order valence-electron chi connectivity index (χ1n) is 6.16. The van der Waals surface area contributed by atoms with Gasteiger partial charge < -0.3 is 19.7 Å². The molecule has 1 aromatic carbocycles. The second kappa shape index (κ2) is 6.21. The molecule has 0 aliphatic rings. The molecule has 6 heteroatoms. The molecule has 0 amide bonds. The highest BCUT2D eigenvalue weighted by Gasteiger charge is 2.12. The molecule has 1 heterocycles. The van der Waals surface area contributed by atoms with Gasteiger partial charge in [-0.2, -0.15) is 0 Å². The number of nitrogens with zero attached hydrogens (tertiary/aromatic N) is 1. The van der Waals surface area contributed by atoms with Gasteiger partial charge in [0, 0.05) is 12.1 Å². The lowest BCUT2D eigenvalue weighted by atomic mass is 10.1. The molecule has 106 valence electrons. The number of aromatic carboxylic acids is 1. The lowest BCUT2D eigenvalue weighted by molar-refractivity contribution is 0.0685. The summed E-state index contributed by atoms with van der Waals surface area (Å²) in [5.74, 6) is 0.202. The van der Waals surface area contributed by atoms with Crippen LogP contribution in [-0.2, 0) is 6.54 Å². The number of hydrogen-bond acceptors (Lipinski definition) is 5. The molecule has 0 fully saturated rings. The van der Waals surface area contributed by atoms with Crippen LogP contribution in [0.4, 0.5) is 0 Å². The van der Waals surface area contributed by atoms with Crippen LogP contribution in [0.15, 0.2) is 34.9 Å². The highest BCUT2D eigenvalue weighted by molar-refractivity contribution is 5.85. The molecule has 0 aliphatic carbocycles. The van der Waals surface area contributed by atoms with Crippen LogP contribution in [0.25, 0.3) is 0 Å². The van der Waals surface area contributed by atoms with Crippen LogP contribution in [0, 0.1) is 0 Å². The first-order chi connectivity index (χ1) is 9.60. The van der Waals surface area contributed by atoms with Gasteiger partial charge in [-0.05, 0) is 24.6 Å². The fourth-order valence-corrected chi connectivity index (χ4v) is 1.76. The van der Waals surface area contributed by atoms with E-state index in [1.807, 2.05) is 31.2 Å². The maximum Gasteiger partial charge on any atom is 0.358 e. The van der Waals surface area contributed by atoms with Gasteiger partial charge in [0.1, 0.15) is 5.75 Å². The number of aromatic nitrogens is 1. The Morgan fingerprint density at radius 3 is 2.70 bits per heavy atom. The van der Waals surface area contributed by atoms with Crippen molar-refractivity contribution in [3.8, 4) is 5.75 Å². The smallest absolute Gasteiger partial charge is 0.358 e. The van der Waals surface area contributed by atoms with E-state index in [9.17, 15) is 4.79 Å². The highest BCUT2D eigenvalue weighted by Crippen LogP contribution is 2.17. The number of benzene rings is 1. The zero-order valence-corrected chi connectivity index (χ0v) is 11.3. The number of carbonyl (C=O) groups is 1. The van der Waals surface area contributed by atoms with E-state index >= 15 is 0 Å². The molecule has 2 N–H and O–H groups in total. The zero-order chi connectivity index (χ0) is 14.5. The molecular weight excluding hydrogens is 260 g/mol. The van der Waals surface area contributed by atoms with Gasteiger partial charge in [-0.1, -0.05) is 17.3 Å². The molecule has 2 rings (SSSR count). The van der Waals surface area contributed by atoms with Crippen molar-refractivity contribution >= 4 is 5.97 Å². The third kappa shape index (κ3) is 3.36. The summed E-state index contributed by atoms with van der Waals surface area (Å²) in [7, 11) is 1.63. The predicted octanol–water partition coefficient (Wildman–Crippen LogP) is 2.23. The minimum atomic E-state index is -1.09. The second-order valence-corrected chi connectivity index (χ2v) is 4.36. The minimum absolute atomic E-state index is 0.0844. The Bertz CT molecular complexity index is 577. The van der Waals surface area contributed by atoms with E-state index in [-0.39, 0.29) is 11.7 Å². The minimum Gasteiger partial charge on any atom is -0.497 e. The van der Waals surface area contributed by atoms with Crippen molar-refractivity contribution in [3.63, 3.8) is 0 Å². The van der Waals surface area contributed by atoms with E-state index < -0.39 is 5.97 Å². The average molecular weight is 276 g/mol. The van der Waals surface area contributed by atoms with Crippen molar-refractivity contribution in [2.75, 3.05) is 7.11 Å². The fourth-order valence-electron chi connectivity index (χ4n) is 1.76. The maximum atomic E-state index is 10.7. The number of rotatable bonds is 6. The van der Waals surface area contributed by atoms with E-state index in [1.54, 1.807) is 7.11 Å². The van der Waals surface area contributed by atoms with E-state index in [4.69, 9.17) is 14.4 Å². The van der Waals surface area contributed by atoms with Crippen LogP contribution in [0.1, 0.15) is 34.8 Å². The summed E-state index contributed by atoms with van der Waals surface area (Å²) >= 11 is 0. The first kappa shape index (κ1) is 14.1. The Labute approximate surface area is 116 Å². The van der Waals surface area contributed by atoms with E-state index in [0.29, 0.717) is 12.3 Å². The Kier molecular flexibility index (Phi) is 4.37. The fraction of sp³-hybridized carbons (Fsp3) is 0.286. The van der Waals surface area contributed by atoms with E-state index in [0.717, 1.165) is 11.3 Å². The number of methoxy groups -OCH3 is 1. The molecule has 1 atom stereocenters. The number of carboxylic acids is 1. The summed E-state index contributed by atoms with van der Waals surface area (Å²) in [5.41, 5.74) is 1.02. The van der Waals surface area contributed by atoms with Gasteiger partial charge >= 0.3 is 5.97 Å². The predicted molar refractivity (Wildman–Crippen MR) is 71.7 cm³/mol. The zero-order valence-electron chi connectivity index (χ0n) is 11.3. The van der Waals surface area contributed by atoms with Crippen molar-refractivity contribution < 1.29 is 19.2 Å². The Hall–Kier alpha value is -2.34. The average Bonchev–Trinajstić information content (AvgIpc) is 2.94. The van der Waals surface area contributed by atoms with Crippen LogP contribution < -0.4 is 10.1 Å². The Morgan fingerprint density at radius 1 is 1.45 bits per heavy atom. The molecule has 0 saturated heterocycles. The van der Waals surface area contributed by atoms with Gasteiger partial charge in [-0.25, -0.2) is 4.79 Å². The van der Waals surface area contributed by atoms with Crippen LogP contribution >= 0.6 is 0 Å². The normalized spacial score (nSPS) is 12.1.